The zero-order valence-electron chi connectivity index (χ0n) is 19.2. The van der Waals surface area contributed by atoms with Gasteiger partial charge in [-0.15, -0.1) is 0 Å². The highest BCUT2D eigenvalue weighted by molar-refractivity contribution is 5.28. The molecule has 1 aliphatic rings. The third-order valence-corrected chi connectivity index (χ3v) is 6.09. The fraction of sp³-hybridized carbons (Fsp3) is 0.462. The minimum atomic E-state index is -0.366. The smallest absolute Gasteiger partial charge is 0.123 e. The van der Waals surface area contributed by atoms with Crippen molar-refractivity contribution in [2.75, 3.05) is 33.4 Å². The van der Waals surface area contributed by atoms with Crippen molar-refractivity contribution in [3.05, 3.63) is 77.4 Å². The number of halogens is 2. The molecule has 2 aromatic rings. The van der Waals surface area contributed by atoms with Crippen molar-refractivity contribution in [2.24, 2.45) is 0 Å². The van der Waals surface area contributed by atoms with Crippen LogP contribution in [-0.2, 0) is 13.1 Å². The Morgan fingerprint density at radius 2 is 1.91 bits per heavy atom. The van der Waals surface area contributed by atoms with Crippen molar-refractivity contribution in [1.82, 2.24) is 15.1 Å². The number of aryl methyl sites for hydroxylation is 1. The van der Waals surface area contributed by atoms with E-state index >= 15 is 0 Å². The molecule has 3 rings (SSSR count). The Morgan fingerprint density at radius 1 is 1.19 bits per heavy atom. The summed E-state index contributed by atoms with van der Waals surface area (Å²) in [5.74, 6) is 1.43. The topological polar surface area (TPSA) is 27.7 Å². The molecular weight excluding hydrogens is 408 g/mol. The van der Waals surface area contributed by atoms with E-state index in [1.54, 1.807) is 6.07 Å². The molecule has 0 atom stereocenters. The van der Waals surface area contributed by atoms with E-state index in [0.29, 0.717) is 32.2 Å². The van der Waals surface area contributed by atoms with Gasteiger partial charge in [0.05, 0.1) is 19.1 Å². The molecule has 1 aliphatic heterocycles. The van der Waals surface area contributed by atoms with Crippen LogP contribution in [-0.4, -0.2) is 49.3 Å². The summed E-state index contributed by atoms with van der Waals surface area (Å²) in [6, 6.07) is 13.2. The second kappa shape index (κ2) is 11.9. The lowest BCUT2D eigenvalue weighted by atomic mass is 10.0. The second-order valence-electron chi connectivity index (χ2n) is 8.57. The lowest BCUT2D eigenvalue weighted by molar-refractivity contribution is 0.137. The van der Waals surface area contributed by atoms with Gasteiger partial charge in [0, 0.05) is 25.6 Å². The quantitative estimate of drug-likeness (QED) is 0.493. The van der Waals surface area contributed by atoms with E-state index in [0.717, 1.165) is 54.2 Å². The number of hydrogen-bond donors (Lipinski definition) is 1. The van der Waals surface area contributed by atoms with Gasteiger partial charge in [0.1, 0.15) is 11.6 Å². The van der Waals surface area contributed by atoms with E-state index in [1.165, 1.54) is 6.07 Å². The molecule has 0 bridgehead atoms. The standard InChI is InChI=1S/C26H35F2N3O/c1-20-17-24(28)8-7-23(20)19-31(25-11-14-30(3)15-12-25)21(2)29-18-22-5-9-26(10-6-22)32-16-4-13-27/h5-10,17,25,29H,2,4,11-16,18-19H2,1,3H3. The Bertz CT molecular complexity index is 864. The fourth-order valence-corrected chi connectivity index (χ4v) is 4.03. The molecular formula is C26H35F2N3O. The highest BCUT2D eigenvalue weighted by Gasteiger charge is 2.24. The Labute approximate surface area is 190 Å². The maximum atomic E-state index is 13.6. The molecule has 0 unspecified atom stereocenters. The Kier molecular flexibility index (Phi) is 8.91. The van der Waals surface area contributed by atoms with Crippen LogP contribution in [0.4, 0.5) is 8.78 Å². The van der Waals surface area contributed by atoms with Gasteiger partial charge in [0.25, 0.3) is 0 Å². The lowest BCUT2D eigenvalue weighted by Gasteiger charge is -2.40. The van der Waals surface area contributed by atoms with Gasteiger partial charge in [-0.2, -0.15) is 0 Å². The summed E-state index contributed by atoms with van der Waals surface area (Å²) in [4.78, 5) is 4.69. The van der Waals surface area contributed by atoms with E-state index < -0.39 is 0 Å². The fourth-order valence-electron chi connectivity index (χ4n) is 4.03. The first-order chi connectivity index (χ1) is 15.5. The van der Waals surface area contributed by atoms with E-state index in [4.69, 9.17) is 4.74 Å². The molecule has 1 N–H and O–H groups in total. The minimum absolute atomic E-state index is 0.203. The monoisotopic (exact) mass is 443 g/mol. The van der Waals surface area contributed by atoms with Crippen LogP contribution < -0.4 is 10.1 Å². The molecule has 0 saturated carbocycles. The molecule has 174 valence electrons. The van der Waals surface area contributed by atoms with Crippen molar-refractivity contribution in [3.63, 3.8) is 0 Å². The van der Waals surface area contributed by atoms with Crippen molar-refractivity contribution in [1.29, 1.82) is 0 Å². The third kappa shape index (κ3) is 6.95. The normalized spacial score (nSPS) is 14.9. The first kappa shape index (κ1) is 24.1. The number of rotatable bonds is 11. The van der Waals surface area contributed by atoms with Crippen LogP contribution in [0.25, 0.3) is 0 Å². The molecule has 0 amide bonds. The van der Waals surface area contributed by atoms with Crippen LogP contribution in [0.2, 0.25) is 0 Å². The van der Waals surface area contributed by atoms with Gasteiger partial charge in [-0.1, -0.05) is 24.8 Å². The summed E-state index contributed by atoms with van der Waals surface area (Å²) in [5.41, 5.74) is 3.19. The maximum absolute atomic E-state index is 13.6. The zero-order valence-corrected chi connectivity index (χ0v) is 19.2. The van der Waals surface area contributed by atoms with Crippen LogP contribution in [0.5, 0.6) is 5.75 Å². The van der Waals surface area contributed by atoms with E-state index in [1.807, 2.05) is 37.3 Å². The summed E-state index contributed by atoms with van der Waals surface area (Å²) < 4.78 is 31.3. The summed E-state index contributed by atoms with van der Waals surface area (Å²) in [6.45, 7) is 9.78. The number of ether oxygens (including phenoxy) is 1. The molecule has 0 spiro atoms. The molecule has 32 heavy (non-hydrogen) atoms. The number of alkyl halides is 1. The van der Waals surface area contributed by atoms with Gasteiger partial charge in [0.15, 0.2) is 0 Å². The number of benzene rings is 2. The predicted molar refractivity (Wildman–Crippen MR) is 126 cm³/mol. The van der Waals surface area contributed by atoms with Gasteiger partial charge in [0.2, 0.25) is 0 Å². The van der Waals surface area contributed by atoms with Gasteiger partial charge in [-0.25, -0.2) is 4.39 Å². The first-order valence-electron chi connectivity index (χ1n) is 11.4. The van der Waals surface area contributed by atoms with Crippen molar-refractivity contribution >= 4 is 0 Å². The molecule has 1 heterocycles. The number of nitrogens with zero attached hydrogens (tertiary/aromatic N) is 2. The SMILES string of the molecule is C=C(NCc1ccc(OCCCF)cc1)N(Cc1ccc(F)cc1C)C1CCN(C)CC1. The molecule has 6 heteroatoms. The zero-order chi connectivity index (χ0) is 22.9. The van der Waals surface area contributed by atoms with Gasteiger partial charge in [-0.3, -0.25) is 4.39 Å². The summed E-state index contributed by atoms with van der Waals surface area (Å²) in [5, 5.41) is 3.48. The number of hydrogen-bond acceptors (Lipinski definition) is 4. The molecule has 1 saturated heterocycles. The minimum Gasteiger partial charge on any atom is -0.494 e. The summed E-state index contributed by atoms with van der Waals surface area (Å²) in [7, 11) is 2.16. The Morgan fingerprint density at radius 3 is 2.56 bits per heavy atom. The Balaban J connectivity index is 1.64. The van der Waals surface area contributed by atoms with Crippen molar-refractivity contribution in [2.45, 2.75) is 45.3 Å². The van der Waals surface area contributed by atoms with Crippen LogP contribution >= 0.6 is 0 Å². The second-order valence-corrected chi connectivity index (χ2v) is 8.57. The van der Waals surface area contributed by atoms with Crippen molar-refractivity contribution < 1.29 is 13.5 Å². The molecule has 0 aliphatic carbocycles. The summed E-state index contributed by atoms with van der Waals surface area (Å²) in [6.07, 6.45) is 2.55. The van der Waals surface area contributed by atoms with Gasteiger partial charge in [-0.05, 0) is 80.9 Å². The molecule has 0 radical (unpaired) electrons. The number of likely N-dealkylation sites (tertiary alicyclic amines) is 1. The molecule has 1 fully saturated rings. The summed E-state index contributed by atoms with van der Waals surface area (Å²) >= 11 is 0. The lowest BCUT2D eigenvalue weighted by Crippen LogP contribution is -2.45. The number of piperidine rings is 1. The maximum Gasteiger partial charge on any atom is 0.123 e. The first-order valence-corrected chi connectivity index (χ1v) is 11.4. The number of nitrogens with one attached hydrogen (secondary N) is 1. The third-order valence-electron chi connectivity index (χ3n) is 6.09. The average Bonchev–Trinajstić information content (AvgIpc) is 2.79. The van der Waals surface area contributed by atoms with E-state index in [-0.39, 0.29) is 12.5 Å². The van der Waals surface area contributed by atoms with Gasteiger partial charge >= 0.3 is 0 Å². The van der Waals surface area contributed by atoms with Gasteiger partial charge < -0.3 is 19.9 Å². The molecule has 2 aromatic carbocycles. The molecule has 4 nitrogen and oxygen atoms in total. The average molecular weight is 444 g/mol. The molecule has 0 aromatic heterocycles. The Hall–Kier alpha value is -2.60. The largest absolute Gasteiger partial charge is 0.494 e. The van der Waals surface area contributed by atoms with Crippen LogP contribution in [0, 0.1) is 12.7 Å². The van der Waals surface area contributed by atoms with Crippen LogP contribution in [0.3, 0.4) is 0 Å². The van der Waals surface area contributed by atoms with Crippen LogP contribution in [0.1, 0.15) is 36.0 Å². The highest BCUT2D eigenvalue weighted by Crippen LogP contribution is 2.23. The van der Waals surface area contributed by atoms with E-state index in [2.05, 4.69) is 28.7 Å². The predicted octanol–water partition coefficient (Wildman–Crippen LogP) is 5.03. The van der Waals surface area contributed by atoms with Crippen molar-refractivity contribution in [3.8, 4) is 5.75 Å². The van der Waals surface area contributed by atoms with Crippen LogP contribution in [0.15, 0.2) is 54.9 Å². The van der Waals surface area contributed by atoms with E-state index in [9.17, 15) is 8.78 Å². The highest BCUT2D eigenvalue weighted by atomic mass is 19.1.